The molecule has 0 bridgehead atoms. The summed E-state index contributed by atoms with van der Waals surface area (Å²) in [4.78, 5) is 24.5. The normalized spacial score (nSPS) is 23.4. The number of amides is 2. The quantitative estimate of drug-likeness (QED) is 0.733. The lowest BCUT2D eigenvalue weighted by Crippen LogP contribution is -2.57. The molecule has 5 nitrogen and oxygen atoms in total. The first-order valence-corrected chi connectivity index (χ1v) is 10.5. The third-order valence-electron chi connectivity index (χ3n) is 6.13. The number of alkyl halides is 1. The Morgan fingerprint density at radius 3 is 2.68 bits per heavy atom. The van der Waals surface area contributed by atoms with E-state index in [-0.39, 0.29) is 29.2 Å². The highest BCUT2D eigenvalue weighted by Gasteiger charge is 2.46. The second-order valence-electron chi connectivity index (χ2n) is 7.96. The lowest BCUT2D eigenvalue weighted by atomic mass is 9.61. The highest BCUT2D eigenvalue weighted by atomic mass is 35.5. The molecule has 2 heterocycles. The molecule has 2 amide bonds. The van der Waals surface area contributed by atoms with Crippen LogP contribution in [0.1, 0.15) is 47.3 Å². The summed E-state index contributed by atoms with van der Waals surface area (Å²) in [6.07, 6.45) is 6.94. The molecule has 1 aromatic heterocycles. The minimum absolute atomic E-state index is 0.0205. The number of nitrogens with one attached hydrogen (secondary N) is 2. The van der Waals surface area contributed by atoms with Gasteiger partial charge in [-0.15, -0.1) is 11.6 Å². The van der Waals surface area contributed by atoms with Crippen molar-refractivity contribution in [1.82, 2.24) is 15.2 Å². The molecule has 0 saturated heterocycles. The Balaban J connectivity index is 1.43. The molecule has 1 fully saturated rings. The Kier molecular flexibility index (Phi) is 5.44. The number of halogens is 1. The Bertz CT molecular complexity index is 856. The smallest absolute Gasteiger partial charge is 0.253 e. The highest BCUT2D eigenvalue weighted by Crippen LogP contribution is 2.43. The van der Waals surface area contributed by atoms with Crippen molar-refractivity contribution in [3.8, 4) is 0 Å². The van der Waals surface area contributed by atoms with Gasteiger partial charge >= 0.3 is 0 Å². The van der Waals surface area contributed by atoms with Crippen LogP contribution in [0, 0.1) is 0 Å². The number of hydrogen-bond donors (Lipinski definition) is 2. The molecule has 1 aliphatic carbocycles. The third-order valence-corrected chi connectivity index (χ3v) is 6.37. The standard InChI is InChI=1S/C22H26ClN3O2/c23-14-20(27)24-15-22(16-6-2-1-3-7-16)12-17(13-22)25-21(28)18-9-11-26-10-5-4-8-19(18)26/h1-3,6-7,9,11,17H,4-5,8,10,12-15H2,(H,24,27)(H,25,28). The van der Waals surface area contributed by atoms with Gasteiger partial charge in [-0.2, -0.15) is 0 Å². The van der Waals surface area contributed by atoms with Gasteiger partial charge in [-0.05, 0) is 43.7 Å². The predicted molar refractivity (Wildman–Crippen MR) is 110 cm³/mol. The molecular weight excluding hydrogens is 374 g/mol. The SMILES string of the molecule is O=C(CCl)NCC1(c2ccccc2)CC(NC(=O)c2ccn3c2CCCC3)C1. The first-order chi connectivity index (χ1) is 13.6. The molecule has 28 heavy (non-hydrogen) atoms. The van der Waals surface area contributed by atoms with E-state index in [0.29, 0.717) is 6.54 Å². The van der Waals surface area contributed by atoms with Crippen molar-refractivity contribution in [3.63, 3.8) is 0 Å². The molecule has 0 spiro atoms. The Morgan fingerprint density at radius 2 is 1.93 bits per heavy atom. The number of rotatable bonds is 6. The molecule has 1 saturated carbocycles. The van der Waals surface area contributed by atoms with E-state index in [4.69, 9.17) is 11.6 Å². The first-order valence-electron chi connectivity index (χ1n) is 9.98. The minimum atomic E-state index is -0.162. The van der Waals surface area contributed by atoms with Gasteiger partial charge in [0, 0.05) is 36.4 Å². The lowest BCUT2D eigenvalue weighted by Gasteiger charge is -2.48. The maximum atomic E-state index is 12.8. The van der Waals surface area contributed by atoms with Gasteiger partial charge in [0.2, 0.25) is 5.91 Å². The maximum Gasteiger partial charge on any atom is 0.253 e. The predicted octanol–water partition coefficient (Wildman–Crippen LogP) is 3.01. The molecule has 6 heteroatoms. The fourth-order valence-corrected chi connectivity index (χ4v) is 4.71. The van der Waals surface area contributed by atoms with E-state index >= 15 is 0 Å². The lowest BCUT2D eigenvalue weighted by molar-refractivity contribution is -0.119. The summed E-state index contributed by atoms with van der Waals surface area (Å²) in [5.74, 6) is -0.179. The first kappa shape index (κ1) is 19.1. The van der Waals surface area contributed by atoms with Crippen molar-refractivity contribution in [1.29, 1.82) is 0 Å². The number of aryl methyl sites for hydroxylation is 1. The van der Waals surface area contributed by atoms with Crippen molar-refractivity contribution in [2.45, 2.75) is 50.1 Å². The zero-order valence-corrected chi connectivity index (χ0v) is 16.7. The van der Waals surface area contributed by atoms with E-state index in [9.17, 15) is 9.59 Å². The van der Waals surface area contributed by atoms with E-state index in [1.165, 1.54) is 12.0 Å². The summed E-state index contributed by atoms with van der Waals surface area (Å²) in [5, 5.41) is 6.13. The summed E-state index contributed by atoms with van der Waals surface area (Å²) in [7, 11) is 0. The van der Waals surface area contributed by atoms with Crippen molar-refractivity contribution < 1.29 is 9.59 Å². The van der Waals surface area contributed by atoms with Gasteiger partial charge in [0.25, 0.3) is 5.91 Å². The second kappa shape index (κ2) is 8.00. The fraction of sp³-hybridized carbons (Fsp3) is 0.455. The molecule has 1 aromatic carbocycles. The monoisotopic (exact) mass is 399 g/mol. The summed E-state index contributed by atoms with van der Waals surface area (Å²) >= 11 is 5.63. The minimum Gasteiger partial charge on any atom is -0.354 e. The number of carbonyl (C=O) groups is 2. The molecule has 2 N–H and O–H groups in total. The van der Waals surface area contributed by atoms with Crippen molar-refractivity contribution >= 4 is 23.4 Å². The van der Waals surface area contributed by atoms with Crippen LogP contribution in [0.2, 0.25) is 0 Å². The number of carbonyl (C=O) groups excluding carboxylic acids is 2. The number of hydrogen-bond acceptors (Lipinski definition) is 2. The Labute approximate surface area is 170 Å². The average Bonchev–Trinajstić information content (AvgIpc) is 3.14. The summed E-state index contributed by atoms with van der Waals surface area (Å²) < 4.78 is 2.20. The average molecular weight is 400 g/mol. The fourth-order valence-electron chi connectivity index (χ4n) is 4.61. The molecule has 2 aromatic rings. The van der Waals surface area contributed by atoms with Crippen LogP contribution in [0.5, 0.6) is 0 Å². The van der Waals surface area contributed by atoms with E-state index < -0.39 is 0 Å². The topological polar surface area (TPSA) is 63.1 Å². The molecule has 0 unspecified atom stereocenters. The molecule has 2 aliphatic rings. The molecule has 4 rings (SSSR count). The van der Waals surface area contributed by atoms with Gasteiger partial charge in [0.05, 0.1) is 5.56 Å². The molecule has 0 radical (unpaired) electrons. The number of nitrogens with zero attached hydrogens (tertiary/aromatic N) is 1. The van der Waals surface area contributed by atoms with Crippen LogP contribution in [0.3, 0.4) is 0 Å². The zero-order chi connectivity index (χ0) is 19.6. The Hall–Kier alpha value is -2.27. The molecule has 148 valence electrons. The van der Waals surface area contributed by atoms with Crippen LogP contribution < -0.4 is 10.6 Å². The van der Waals surface area contributed by atoms with Crippen LogP contribution in [-0.2, 0) is 23.2 Å². The second-order valence-corrected chi connectivity index (χ2v) is 8.23. The summed E-state index contributed by atoms with van der Waals surface area (Å²) in [5.41, 5.74) is 3.01. The van der Waals surface area contributed by atoms with Crippen LogP contribution in [0.4, 0.5) is 0 Å². The van der Waals surface area contributed by atoms with Gasteiger partial charge in [0.1, 0.15) is 5.88 Å². The van der Waals surface area contributed by atoms with E-state index in [1.54, 1.807) is 0 Å². The molecular formula is C22H26ClN3O2. The van der Waals surface area contributed by atoms with E-state index in [0.717, 1.165) is 43.5 Å². The number of aromatic nitrogens is 1. The van der Waals surface area contributed by atoms with Crippen molar-refractivity contribution in [2.24, 2.45) is 0 Å². The molecule has 1 aliphatic heterocycles. The van der Waals surface area contributed by atoms with Gasteiger partial charge in [0.15, 0.2) is 0 Å². The van der Waals surface area contributed by atoms with Gasteiger partial charge in [-0.1, -0.05) is 30.3 Å². The van der Waals surface area contributed by atoms with E-state index in [2.05, 4.69) is 27.3 Å². The van der Waals surface area contributed by atoms with Gasteiger partial charge < -0.3 is 15.2 Å². The maximum absolute atomic E-state index is 12.8. The van der Waals surface area contributed by atoms with Gasteiger partial charge in [-0.25, -0.2) is 0 Å². The zero-order valence-electron chi connectivity index (χ0n) is 15.9. The molecule has 0 atom stereocenters. The number of benzene rings is 1. The van der Waals surface area contributed by atoms with Crippen LogP contribution in [0.25, 0.3) is 0 Å². The van der Waals surface area contributed by atoms with Crippen molar-refractivity contribution in [2.75, 3.05) is 12.4 Å². The van der Waals surface area contributed by atoms with Gasteiger partial charge in [-0.3, -0.25) is 9.59 Å². The van der Waals surface area contributed by atoms with Crippen LogP contribution in [0.15, 0.2) is 42.6 Å². The third kappa shape index (κ3) is 3.68. The summed E-state index contributed by atoms with van der Waals surface area (Å²) in [6.45, 7) is 1.54. The van der Waals surface area contributed by atoms with Crippen LogP contribution in [-0.4, -0.2) is 34.8 Å². The van der Waals surface area contributed by atoms with Crippen molar-refractivity contribution in [3.05, 3.63) is 59.4 Å². The van der Waals surface area contributed by atoms with E-state index in [1.807, 2.05) is 30.5 Å². The van der Waals surface area contributed by atoms with Crippen LogP contribution >= 0.6 is 11.6 Å². The number of fused-ring (bicyclic) bond motifs is 1. The Morgan fingerprint density at radius 1 is 1.14 bits per heavy atom. The summed E-state index contributed by atoms with van der Waals surface area (Å²) in [6, 6.07) is 12.3. The largest absolute Gasteiger partial charge is 0.354 e. The highest BCUT2D eigenvalue weighted by molar-refractivity contribution is 6.27.